The van der Waals surface area contributed by atoms with Crippen LogP contribution >= 0.6 is 0 Å². The zero-order valence-corrected chi connectivity index (χ0v) is 18.6. The summed E-state index contributed by atoms with van der Waals surface area (Å²) in [5.74, 6) is -1.08. The molecule has 0 saturated carbocycles. The number of Topliss-reactive ketones (excluding diaryl/α,β-unsaturated/α-hetero) is 1. The van der Waals surface area contributed by atoms with Gasteiger partial charge in [0.2, 0.25) is 5.78 Å². The summed E-state index contributed by atoms with van der Waals surface area (Å²) in [5.41, 5.74) is 2.62. The minimum atomic E-state index is -0.760. The lowest BCUT2D eigenvalue weighted by Gasteiger charge is -2.22. The summed E-state index contributed by atoms with van der Waals surface area (Å²) in [6.07, 6.45) is 5.93. The van der Waals surface area contributed by atoms with E-state index in [0.29, 0.717) is 17.8 Å². The monoisotopic (exact) mass is 439 g/mol. The molecule has 1 aliphatic heterocycles. The first-order valence-corrected chi connectivity index (χ1v) is 10.8. The van der Waals surface area contributed by atoms with Gasteiger partial charge in [-0.25, -0.2) is 4.79 Å². The fraction of sp³-hybridized carbons (Fsp3) is 0.417. The molecule has 0 spiro atoms. The predicted octanol–water partition coefficient (Wildman–Crippen LogP) is 4.62. The molecular formula is C24H29N3O5. The van der Waals surface area contributed by atoms with Crippen molar-refractivity contribution in [2.75, 3.05) is 24.6 Å². The highest BCUT2D eigenvalue weighted by atomic mass is 16.6. The minimum absolute atomic E-state index is 0.0557. The van der Waals surface area contributed by atoms with Crippen LogP contribution < -0.4 is 4.90 Å². The molecule has 1 aromatic heterocycles. The zero-order chi connectivity index (χ0) is 23.3. The summed E-state index contributed by atoms with van der Waals surface area (Å²) in [6.45, 7) is 9.10. The van der Waals surface area contributed by atoms with Crippen LogP contribution in [0.1, 0.15) is 57.8 Å². The molecule has 0 bridgehead atoms. The highest BCUT2D eigenvalue weighted by Gasteiger charge is 2.24. The summed E-state index contributed by atoms with van der Waals surface area (Å²) in [7, 11) is 0. The topological polar surface area (TPSA) is 94.7 Å². The third-order valence-electron chi connectivity index (χ3n) is 5.87. The Morgan fingerprint density at radius 1 is 1.16 bits per heavy atom. The Balaban J connectivity index is 1.73. The molecule has 1 fully saturated rings. The maximum absolute atomic E-state index is 12.6. The Hall–Kier alpha value is -3.42. The van der Waals surface area contributed by atoms with Gasteiger partial charge in [-0.05, 0) is 44.9 Å². The Morgan fingerprint density at radius 2 is 1.84 bits per heavy atom. The molecule has 0 amide bonds. The number of esters is 1. The normalized spacial score (nSPS) is 14.0. The molecule has 2 heterocycles. The van der Waals surface area contributed by atoms with E-state index in [1.165, 1.54) is 12.1 Å². The second-order valence-corrected chi connectivity index (χ2v) is 8.05. The number of anilines is 1. The van der Waals surface area contributed by atoms with Crippen LogP contribution in [-0.4, -0.2) is 40.9 Å². The van der Waals surface area contributed by atoms with E-state index in [9.17, 15) is 19.7 Å². The first kappa shape index (κ1) is 23.2. The fourth-order valence-corrected chi connectivity index (χ4v) is 4.16. The van der Waals surface area contributed by atoms with Crippen LogP contribution in [0.15, 0.2) is 36.9 Å². The number of aryl methyl sites for hydroxylation is 1. The van der Waals surface area contributed by atoms with Gasteiger partial charge in [-0.2, -0.15) is 0 Å². The van der Waals surface area contributed by atoms with Crippen molar-refractivity contribution in [3.8, 4) is 0 Å². The van der Waals surface area contributed by atoms with Gasteiger partial charge < -0.3 is 14.2 Å². The molecular weight excluding hydrogens is 410 g/mol. The van der Waals surface area contributed by atoms with Crippen molar-refractivity contribution >= 4 is 23.1 Å². The third kappa shape index (κ3) is 5.07. The Labute approximate surface area is 187 Å². The van der Waals surface area contributed by atoms with E-state index >= 15 is 0 Å². The van der Waals surface area contributed by atoms with Crippen LogP contribution in [0.25, 0.3) is 0 Å². The number of carbonyl (C=O) groups is 2. The Bertz CT molecular complexity index is 1030. The van der Waals surface area contributed by atoms with Crippen molar-refractivity contribution in [2.45, 2.75) is 46.1 Å². The lowest BCUT2D eigenvalue weighted by molar-refractivity contribution is -0.384. The number of nitro groups is 1. The molecule has 32 heavy (non-hydrogen) atoms. The van der Waals surface area contributed by atoms with E-state index < -0.39 is 17.5 Å². The number of benzene rings is 1. The van der Waals surface area contributed by atoms with Gasteiger partial charge >= 0.3 is 5.97 Å². The smallest absolute Gasteiger partial charge is 0.338 e. The van der Waals surface area contributed by atoms with Crippen molar-refractivity contribution in [3.63, 3.8) is 0 Å². The van der Waals surface area contributed by atoms with E-state index in [4.69, 9.17) is 4.74 Å². The number of hydrogen-bond donors (Lipinski definition) is 0. The van der Waals surface area contributed by atoms with Crippen molar-refractivity contribution in [1.29, 1.82) is 0 Å². The molecule has 170 valence electrons. The molecule has 0 radical (unpaired) electrons. The van der Waals surface area contributed by atoms with E-state index in [0.717, 1.165) is 50.2 Å². The van der Waals surface area contributed by atoms with E-state index in [1.807, 2.05) is 23.3 Å². The number of allylic oxidation sites excluding steroid dienone is 1. The molecule has 0 aliphatic carbocycles. The van der Waals surface area contributed by atoms with Gasteiger partial charge in [0.1, 0.15) is 5.69 Å². The largest absolute Gasteiger partial charge is 0.454 e. The lowest BCUT2D eigenvalue weighted by atomic mass is 10.1. The lowest BCUT2D eigenvalue weighted by Crippen LogP contribution is -2.25. The molecule has 0 N–H and O–H groups in total. The molecule has 8 nitrogen and oxygen atoms in total. The molecule has 1 saturated heterocycles. The van der Waals surface area contributed by atoms with E-state index in [-0.39, 0.29) is 17.0 Å². The Kier molecular flexibility index (Phi) is 7.45. The van der Waals surface area contributed by atoms with Gasteiger partial charge in [0.15, 0.2) is 6.61 Å². The average molecular weight is 440 g/mol. The molecule has 0 unspecified atom stereocenters. The number of hydrogen-bond acceptors (Lipinski definition) is 6. The molecule has 8 heteroatoms. The number of nitrogens with zero attached hydrogens (tertiary/aromatic N) is 3. The quantitative estimate of drug-likeness (QED) is 0.196. The minimum Gasteiger partial charge on any atom is -0.454 e. The van der Waals surface area contributed by atoms with Gasteiger partial charge in [-0.3, -0.25) is 14.9 Å². The Morgan fingerprint density at radius 3 is 2.47 bits per heavy atom. The van der Waals surface area contributed by atoms with Crippen molar-refractivity contribution in [1.82, 2.24) is 4.57 Å². The summed E-state index contributed by atoms with van der Waals surface area (Å²) >= 11 is 0. The SMILES string of the molecule is C=CCn1c(C)cc(C(=O)COC(=O)c2ccc(N3CCCCCC3)c([N+](=O)[O-])c2)c1C. The zero-order valence-electron chi connectivity index (χ0n) is 18.6. The standard InChI is InChI=1S/C24H29N3O5/c1-4-11-26-17(2)14-20(18(26)3)23(28)16-32-24(29)19-9-10-21(22(15-19)27(30)31)25-12-7-5-6-8-13-25/h4,9-10,14-15H,1,5-8,11-13,16H2,2-3H3. The van der Waals surface area contributed by atoms with Crippen LogP contribution in [0.3, 0.4) is 0 Å². The van der Waals surface area contributed by atoms with E-state index in [1.54, 1.807) is 18.2 Å². The van der Waals surface area contributed by atoms with Gasteiger partial charge in [0, 0.05) is 42.7 Å². The van der Waals surface area contributed by atoms with Crippen molar-refractivity contribution in [2.24, 2.45) is 0 Å². The van der Waals surface area contributed by atoms with Crippen molar-refractivity contribution in [3.05, 3.63) is 69.5 Å². The second kappa shape index (κ2) is 10.3. The van der Waals surface area contributed by atoms with Crippen LogP contribution in [-0.2, 0) is 11.3 Å². The highest BCUT2D eigenvalue weighted by Crippen LogP contribution is 2.31. The predicted molar refractivity (Wildman–Crippen MR) is 122 cm³/mol. The molecule has 1 aliphatic rings. The number of carbonyl (C=O) groups excluding carboxylic acids is 2. The first-order valence-electron chi connectivity index (χ1n) is 10.8. The maximum Gasteiger partial charge on any atom is 0.338 e. The number of rotatable bonds is 8. The van der Waals surface area contributed by atoms with Crippen LogP contribution in [0.4, 0.5) is 11.4 Å². The summed E-state index contributed by atoms with van der Waals surface area (Å²) in [6, 6.07) is 6.12. The fourth-order valence-electron chi connectivity index (χ4n) is 4.16. The van der Waals surface area contributed by atoms with Gasteiger partial charge in [-0.15, -0.1) is 6.58 Å². The second-order valence-electron chi connectivity index (χ2n) is 8.05. The van der Waals surface area contributed by atoms with Gasteiger partial charge in [-0.1, -0.05) is 18.9 Å². The van der Waals surface area contributed by atoms with Crippen molar-refractivity contribution < 1.29 is 19.2 Å². The summed E-state index contributed by atoms with van der Waals surface area (Å²) in [4.78, 5) is 38.3. The number of ketones is 1. The molecule has 1 aromatic carbocycles. The molecule has 2 aromatic rings. The number of ether oxygens (including phenoxy) is 1. The summed E-state index contributed by atoms with van der Waals surface area (Å²) in [5, 5.41) is 11.7. The molecule has 3 rings (SSSR count). The van der Waals surface area contributed by atoms with Crippen LogP contribution in [0.5, 0.6) is 0 Å². The number of aromatic nitrogens is 1. The third-order valence-corrected chi connectivity index (χ3v) is 5.87. The molecule has 0 atom stereocenters. The average Bonchev–Trinajstić information content (AvgIpc) is 2.95. The van der Waals surface area contributed by atoms with E-state index in [2.05, 4.69) is 6.58 Å². The van der Waals surface area contributed by atoms with Gasteiger partial charge in [0.25, 0.3) is 5.69 Å². The first-order chi connectivity index (χ1) is 15.3. The van der Waals surface area contributed by atoms with Crippen LogP contribution in [0.2, 0.25) is 0 Å². The summed E-state index contributed by atoms with van der Waals surface area (Å²) < 4.78 is 7.15. The highest BCUT2D eigenvalue weighted by molar-refractivity contribution is 6.00. The van der Waals surface area contributed by atoms with Gasteiger partial charge in [0.05, 0.1) is 10.5 Å². The van der Waals surface area contributed by atoms with Crippen LogP contribution in [0, 0.1) is 24.0 Å². The number of nitro benzene ring substituents is 1. The maximum atomic E-state index is 12.6.